The highest BCUT2D eigenvalue weighted by molar-refractivity contribution is 7.90. The number of sulfone groups is 1. The molecule has 0 unspecified atom stereocenters. The van der Waals surface area contributed by atoms with E-state index in [1.807, 2.05) is 0 Å². The SMILES string of the molecule is CS(=O)(=O)c1ccc(NN[C@@H](CCC(N)=O)C(=O)O)c(F)c1. The summed E-state index contributed by atoms with van der Waals surface area (Å²) >= 11 is 0. The minimum Gasteiger partial charge on any atom is -0.480 e. The van der Waals surface area contributed by atoms with Crippen molar-refractivity contribution in [1.82, 2.24) is 5.43 Å². The van der Waals surface area contributed by atoms with E-state index >= 15 is 0 Å². The lowest BCUT2D eigenvalue weighted by atomic mass is 10.1. The number of anilines is 1. The van der Waals surface area contributed by atoms with Crippen molar-refractivity contribution in [1.29, 1.82) is 0 Å². The van der Waals surface area contributed by atoms with Crippen molar-refractivity contribution in [2.75, 3.05) is 11.7 Å². The first-order valence-electron chi connectivity index (χ1n) is 6.13. The van der Waals surface area contributed by atoms with E-state index in [-0.39, 0.29) is 23.4 Å². The van der Waals surface area contributed by atoms with Crippen LogP contribution in [0.25, 0.3) is 0 Å². The number of carbonyl (C=O) groups excluding carboxylic acids is 1. The molecular weight excluding hydrogens is 317 g/mol. The van der Waals surface area contributed by atoms with Gasteiger partial charge in [0, 0.05) is 12.7 Å². The van der Waals surface area contributed by atoms with Crippen LogP contribution in [0.3, 0.4) is 0 Å². The van der Waals surface area contributed by atoms with Crippen LogP contribution in [0.5, 0.6) is 0 Å². The molecule has 0 aromatic heterocycles. The summed E-state index contributed by atoms with van der Waals surface area (Å²) in [6.07, 6.45) is 0.708. The summed E-state index contributed by atoms with van der Waals surface area (Å²) in [5, 5.41) is 8.96. The van der Waals surface area contributed by atoms with E-state index in [0.29, 0.717) is 0 Å². The third kappa shape index (κ3) is 5.30. The standard InChI is InChI=1S/C12H16FN3O5S/c1-22(20,21)7-2-3-9(8(13)6-7)15-16-10(12(18)19)4-5-11(14)17/h2-3,6,10,15-16H,4-5H2,1H3,(H2,14,17)(H,18,19)/t10-/m0/s1. The number of aliphatic carboxylic acids is 1. The Kier molecular flexibility index (Phi) is 5.83. The normalized spacial score (nSPS) is 12.6. The average Bonchev–Trinajstić information content (AvgIpc) is 2.38. The van der Waals surface area contributed by atoms with Crippen LogP contribution >= 0.6 is 0 Å². The Bertz CT molecular complexity index is 677. The number of halogens is 1. The molecule has 10 heteroatoms. The Hall–Kier alpha value is -2.20. The third-order valence-corrected chi connectivity index (χ3v) is 3.84. The summed E-state index contributed by atoms with van der Waals surface area (Å²) in [4.78, 5) is 21.4. The Morgan fingerprint density at radius 1 is 1.41 bits per heavy atom. The molecule has 0 aliphatic heterocycles. The lowest BCUT2D eigenvalue weighted by molar-refractivity contribution is -0.139. The maximum absolute atomic E-state index is 13.8. The topological polar surface area (TPSA) is 139 Å². The van der Waals surface area contributed by atoms with Crippen molar-refractivity contribution in [3.05, 3.63) is 24.0 Å². The fourth-order valence-corrected chi connectivity index (χ4v) is 2.17. The van der Waals surface area contributed by atoms with E-state index < -0.39 is 33.6 Å². The van der Waals surface area contributed by atoms with Gasteiger partial charge < -0.3 is 16.3 Å². The number of hydrogen-bond donors (Lipinski definition) is 4. The van der Waals surface area contributed by atoms with Gasteiger partial charge >= 0.3 is 5.97 Å². The van der Waals surface area contributed by atoms with Crippen LogP contribution in [0.4, 0.5) is 10.1 Å². The Morgan fingerprint density at radius 2 is 2.05 bits per heavy atom. The number of hydrogen-bond acceptors (Lipinski definition) is 6. The van der Waals surface area contributed by atoms with E-state index in [4.69, 9.17) is 10.8 Å². The lowest BCUT2D eigenvalue weighted by Crippen LogP contribution is -2.41. The van der Waals surface area contributed by atoms with E-state index in [1.165, 1.54) is 6.07 Å². The van der Waals surface area contributed by atoms with Crippen LogP contribution in [0.2, 0.25) is 0 Å². The third-order valence-electron chi connectivity index (χ3n) is 2.73. The molecule has 0 radical (unpaired) electrons. The summed E-state index contributed by atoms with van der Waals surface area (Å²) in [6, 6.07) is 1.99. The molecule has 22 heavy (non-hydrogen) atoms. The van der Waals surface area contributed by atoms with Crippen molar-refractivity contribution in [3.63, 3.8) is 0 Å². The first-order valence-corrected chi connectivity index (χ1v) is 8.02. The van der Waals surface area contributed by atoms with Gasteiger partial charge in [-0.1, -0.05) is 0 Å². The van der Waals surface area contributed by atoms with Crippen LogP contribution in [0.1, 0.15) is 12.8 Å². The quantitative estimate of drug-likeness (QED) is 0.486. The van der Waals surface area contributed by atoms with E-state index in [1.54, 1.807) is 0 Å². The highest BCUT2D eigenvalue weighted by Crippen LogP contribution is 2.18. The van der Waals surface area contributed by atoms with E-state index in [9.17, 15) is 22.4 Å². The first kappa shape index (κ1) is 17.9. The number of carbonyl (C=O) groups is 2. The molecule has 0 aliphatic carbocycles. The van der Waals surface area contributed by atoms with Crippen LogP contribution in [0, 0.1) is 5.82 Å². The Balaban J connectivity index is 2.77. The van der Waals surface area contributed by atoms with Gasteiger partial charge in [0.05, 0.1) is 10.6 Å². The number of benzene rings is 1. The van der Waals surface area contributed by atoms with Crippen molar-refractivity contribution < 1.29 is 27.5 Å². The lowest BCUT2D eigenvalue weighted by Gasteiger charge is -2.16. The number of carboxylic acids is 1. The molecule has 1 amide bonds. The second-order valence-corrected chi connectivity index (χ2v) is 6.59. The number of nitrogens with two attached hydrogens (primary N) is 1. The van der Waals surface area contributed by atoms with Gasteiger partial charge in [0.2, 0.25) is 5.91 Å². The number of primary amides is 1. The van der Waals surface area contributed by atoms with Crippen molar-refractivity contribution in [2.24, 2.45) is 5.73 Å². The maximum atomic E-state index is 13.8. The Morgan fingerprint density at radius 3 is 2.50 bits per heavy atom. The highest BCUT2D eigenvalue weighted by Gasteiger charge is 2.18. The molecule has 5 N–H and O–H groups in total. The van der Waals surface area contributed by atoms with Gasteiger partial charge in [-0.15, -0.1) is 0 Å². The molecule has 1 aromatic carbocycles. The molecule has 0 heterocycles. The van der Waals surface area contributed by atoms with Gasteiger partial charge in [0.1, 0.15) is 11.9 Å². The van der Waals surface area contributed by atoms with Crippen LogP contribution < -0.4 is 16.6 Å². The molecule has 0 aliphatic rings. The minimum absolute atomic E-state index is 0.0826. The van der Waals surface area contributed by atoms with Gasteiger partial charge in [-0.25, -0.2) is 18.2 Å². The van der Waals surface area contributed by atoms with Crippen LogP contribution in [0.15, 0.2) is 23.1 Å². The molecule has 0 bridgehead atoms. The summed E-state index contributed by atoms with van der Waals surface area (Å²) in [5.74, 6) is -2.77. The second kappa shape index (κ2) is 7.18. The highest BCUT2D eigenvalue weighted by atomic mass is 32.2. The number of hydrazine groups is 1. The van der Waals surface area contributed by atoms with Gasteiger partial charge in [-0.3, -0.25) is 9.59 Å². The predicted octanol–water partition coefficient (Wildman–Crippen LogP) is -0.136. The minimum atomic E-state index is -3.54. The smallest absolute Gasteiger partial charge is 0.322 e. The monoisotopic (exact) mass is 333 g/mol. The fourth-order valence-electron chi connectivity index (χ4n) is 1.54. The molecule has 122 valence electrons. The Labute approximate surface area is 126 Å². The molecular formula is C12H16FN3O5S. The number of carboxylic acid groups (broad SMARTS) is 1. The van der Waals surface area contributed by atoms with Crippen LogP contribution in [-0.2, 0) is 19.4 Å². The number of amides is 1. The average molecular weight is 333 g/mol. The molecule has 0 spiro atoms. The molecule has 0 fully saturated rings. The molecule has 0 saturated carbocycles. The fraction of sp³-hybridized carbons (Fsp3) is 0.333. The first-order chi connectivity index (χ1) is 10.1. The number of nitrogens with one attached hydrogen (secondary N) is 2. The molecule has 1 aromatic rings. The second-order valence-electron chi connectivity index (χ2n) is 4.58. The van der Waals surface area contributed by atoms with Gasteiger partial charge in [0.25, 0.3) is 0 Å². The van der Waals surface area contributed by atoms with Crippen molar-refractivity contribution in [3.8, 4) is 0 Å². The van der Waals surface area contributed by atoms with Crippen molar-refractivity contribution in [2.45, 2.75) is 23.8 Å². The molecule has 1 atom stereocenters. The predicted molar refractivity (Wildman–Crippen MR) is 76.1 cm³/mol. The summed E-state index contributed by atoms with van der Waals surface area (Å²) in [5.41, 5.74) is 9.49. The zero-order chi connectivity index (χ0) is 16.9. The largest absolute Gasteiger partial charge is 0.480 e. The molecule has 0 saturated heterocycles. The summed E-state index contributed by atoms with van der Waals surface area (Å²) in [7, 11) is -3.54. The molecule has 8 nitrogen and oxygen atoms in total. The summed E-state index contributed by atoms with van der Waals surface area (Å²) < 4.78 is 36.3. The van der Waals surface area contributed by atoms with E-state index in [0.717, 1.165) is 18.4 Å². The van der Waals surface area contributed by atoms with Crippen molar-refractivity contribution >= 4 is 27.4 Å². The number of rotatable bonds is 8. The summed E-state index contributed by atoms with van der Waals surface area (Å²) in [6.45, 7) is 0. The zero-order valence-electron chi connectivity index (χ0n) is 11.7. The van der Waals surface area contributed by atoms with Gasteiger partial charge in [-0.05, 0) is 24.6 Å². The maximum Gasteiger partial charge on any atom is 0.322 e. The van der Waals surface area contributed by atoms with E-state index in [2.05, 4.69) is 10.9 Å². The molecule has 1 rings (SSSR count). The van der Waals surface area contributed by atoms with Crippen LogP contribution in [-0.4, -0.2) is 37.7 Å². The van der Waals surface area contributed by atoms with Gasteiger partial charge in [-0.2, -0.15) is 0 Å². The zero-order valence-corrected chi connectivity index (χ0v) is 12.5. The van der Waals surface area contributed by atoms with Gasteiger partial charge in [0.15, 0.2) is 9.84 Å².